The quantitative estimate of drug-likeness (QED) is 0.274. The molecule has 9 atom stereocenters. The van der Waals surface area contributed by atoms with Gasteiger partial charge in [0.25, 0.3) is 0 Å². The Morgan fingerprint density at radius 2 is 1.76 bits per heavy atom. The van der Waals surface area contributed by atoms with E-state index in [4.69, 9.17) is 4.74 Å². The number of hydrogen-bond donors (Lipinski definition) is 0. The van der Waals surface area contributed by atoms with Crippen LogP contribution < -0.4 is 0 Å². The monoisotopic (exact) mass is 470 g/mol. The molecule has 4 aliphatic rings. The van der Waals surface area contributed by atoms with Crippen molar-refractivity contribution in [3.8, 4) is 0 Å². The van der Waals surface area contributed by atoms with Gasteiger partial charge in [-0.3, -0.25) is 4.79 Å². The molecule has 0 spiro atoms. The minimum atomic E-state index is -0.104. The van der Waals surface area contributed by atoms with Crippen molar-refractivity contribution in [1.82, 2.24) is 0 Å². The Balaban J connectivity index is 1.52. The molecule has 3 fully saturated rings. The van der Waals surface area contributed by atoms with Crippen LogP contribution in [0.15, 0.2) is 11.6 Å². The van der Waals surface area contributed by atoms with E-state index in [1.807, 2.05) is 5.57 Å². The first-order chi connectivity index (χ1) is 16.0. The molecule has 0 N–H and O–H groups in total. The second-order valence-electron chi connectivity index (χ2n) is 14.1. The lowest BCUT2D eigenvalue weighted by molar-refractivity contribution is -0.151. The number of ether oxygens (including phenoxy) is 1. The van der Waals surface area contributed by atoms with Crippen LogP contribution >= 0.6 is 0 Å². The average molecular weight is 471 g/mol. The molecule has 0 amide bonds. The van der Waals surface area contributed by atoms with Gasteiger partial charge in [0.1, 0.15) is 6.10 Å². The van der Waals surface area contributed by atoms with E-state index in [9.17, 15) is 4.79 Å². The molecule has 0 saturated heterocycles. The summed E-state index contributed by atoms with van der Waals surface area (Å²) in [6, 6.07) is 0. The number of carbonyl (C=O) groups excluding carboxylic acids is 1. The SMILES string of the molecule is CC[C@H](CC[C@@H](C)[C@H]1CC[C@@]2(C)[C@@H]3CC[C@H]4C[C@@H](OC(C)=O)CC[C@]4(C)C3=CC[C@]12C)C(C)C. The molecular formula is C32H54O2. The highest BCUT2D eigenvalue weighted by Crippen LogP contribution is 2.72. The van der Waals surface area contributed by atoms with E-state index in [-0.39, 0.29) is 12.1 Å². The highest BCUT2D eigenvalue weighted by atomic mass is 16.5. The Hall–Kier alpha value is -0.790. The molecule has 194 valence electrons. The van der Waals surface area contributed by atoms with Gasteiger partial charge in [0.2, 0.25) is 0 Å². The van der Waals surface area contributed by atoms with Gasteiger partial charge < -0.3 is 4.74 Å². The lowest BCUT2D eigenvalue weighted by atomic mass is 9.44. The second-order valence-corrected chi connectivity index (χ2v) is 14.1. The van der Waals surface area contributed by atoms with Gasteiger partial charge in [-0.25, -0.2) is 0 Å². The molecule has 0 aromatic rings. The first kappa shape index (κ1) is 26.3. The summed E-state index contributed by atoms with van der Waals surface area (Å²) >= 11 is 0. The van der Waals surface area contributed by atoms with Crippen LogP contribution in [0.5, 0.6) is 0 Å². The molecular weight excluding hydrogens is 416 g/mol. The van der Waals surface area contributed by atoms with Crippen LogP contribution in [0.1, 0.15) is 126 Å². The highest BCUT2D eigenvalue weighted by Gasteiger charge is 2.63. The number of esters is 1. The maximum Gasteiger partial charge on any atom is 0.302 e. The summed E-state index contributed by atoms with van der Waals surface area (Å²) in [5.74, 6) is 4.73. The van der Waals surface area contributed by atoms with E-state index in [2.05, 4.69) is 54.5 Å². The number of allylic oxidation sites excluding steroid dienone is 2. The predicted molar refractivity (Wildman–Crippen MR) is 142 cm³/mol. The lowest BCUT2D eigenvalue weighted by Gasteiger charge is -2.61. The molecule has 0 radical (unpaired) electrons. The van der Waals surface area contributed by atoms with Crippen molar-refractivity contribution < 1.29 is 9.53 Å². The fourth-order valence-corrected chi connectivity index (χ4v) is 9.84. The highest BCUT2D eigenvalue weighted by molar-refractivity contribution is 5.66. The predicted octanol–water partition coefficient (Wildman–Crippen LogP) is 8.99. The van der Waals surface area contributed by atoms with Crippen LogP contribution in [-0.4, -0.2) is 12.1 Å². The van der Waals surface area contributed by atoms with Crippen molar-refractivity contribution >= 4 is 5.97 Å². The molecule has 0 aliphatic heterocycles. The number of fused-ring (bicyclic) bond motifs is 5. The van der Waals surface area contributed by atoms with E-state index >= 15 is 0 Å². The van der Waals surface area contributed by atoms with Crippen molar-refractivity contribution in [2.24, 2.45) is 51.8 Å². The van der Waals surface area contributed by atoms with Gasteiger partial charge in [-0.15, -0.1) is 0 Å². The topological polar surface area (TPSA) is 26.3 Å². The third-order valence-electron chi connectivity index (χ3n) is 12.4. The zero-order valence-corrected chi connectivity index (χ0v) is 23.7. The van der Waals surface area contributed by atoms with Crippen LogP contribution in [0, 0.1) is 51.8 Å². The minimum Gasteiger partial charge on any atom is -0.463 e. The minimum absolute atomic E-state index is 0.104. The van der Waals surface area contributed by atoms with Crippen molar-refractivity contribution in [2.45, 2.75) is 132 Å². The zero-order chi connectivity index (χ0) is 24.9. The van der Waals surface area contributed by atoms with Gasteiger partial charge in [-0.1, -0.05) is 73.0 Å². The first-order valence-electron chi connectivity index (χ1n) is 14.8. The molecule has 0 heterocycles. The summed E-state index contributed by atoms with van der Waals surface area (Å²) in [6.07, 6.45) is 17.1. The molecule has 2 heteroatoms. The molecule has 0 aromatic carbocycles. The van der Waals surface area contributed by atoms with Gasteiger partial charge in [0, 0.05) is 6.92 Å². The maximum atomic E-state index is 11.6. The molecule has 0 bridgehead atoms. The Labute approximate surface area is 211 Å². The summed E-state index contributed by atoms with van der Waals surface area (Å²) < 4.78 is 5.67. The van der Waals surface area contributed by atoms with Crippen molar-refractivity contribution in [1.29, 1.82) is 0 Å². The molecule has 4 rings (SSSR count). The number of rotatable bonds is 7. The molecule has 0 unspecified atom stereocenters. The Kier molecular flexibility index (Phi) is 7.41. The molecule has 0 aromatic heterocycles. The van der Waals surface area contributed by atoms with Crippen LogP contribution in [0.2, 0.25) is 0 Å². The van der Waals surface area contributed by atoms with Crippen molar-refractivity contribution in [3.05, 3.63) is 11.6 Å². The Bertz CT molecular complexity index is 782. The van der Waals surface area contributed by atoms with E-state index in [0.717, 1.165) is 42.4 Å². The Morgan fingerprint density at radius 1 is 1.03 bits per heavy atom. The Morgan fingerprint density at radius 3 is 2.41 bits per heavy atom. The van der Waals surface area contributed by atoms with E-state index < -0.39 is 0 Å². The summed E-state index contributed by atoms with van der Waals surface area (Å²) in [7, 11) is 0. The average Bonchev–Trinajstić information content (AvgIpc) is 3.05. The fourth-order valence-electron chi connectivity index (χ4n) is 9.84. The van der Waals surface area contributed by atoms with E-state index in [1.165, 1.54) is 57.8 Å². The fraction of sp³-hybridized carbons (Fsp3) is 0.906. The van der Waals surface area contributed by atoms with Crippen LogP contribution in [0.25, 0.3) is 0 Å². The third kappa shape index (κ3) is 4.21. The smallest absolute Gasteiger partial charge is 0.302 e. The number of carbonyl (C=O) groups is 1. The second kappa shape index (κ2) is 9.59. The zero-order valence-electron chi connectivity index (χ0n) is 23.7. The van der Waals surface area contributed by atoms with Gasteiger partial charge in [-0.05, 0) is 110 Å². The lowest BCUT2D eigenvalue weighted by Crippen LogP contribution is -2.53. The van der Waals surface area contributed by atoms with Gasteiger partial charge >= 0.3 is 5.97 Å². The van der Waals surface area contributed by atoms with Gasteiger partial charge in [0.15, 0.2) is 0 Å². The van der Waals surface area contributed by atoms with Gasteiger partial charge in [-0.2, -0.15) is 0 Å². The van der Waals surface area contributed by atoms with Gasteiger partial charge in [0.05, 0.1) is 0 Å². The largest absolute Gasteiger partial charge is 0.463 e. The summed E-state index contributed by atoms with van der Waals surface area (Å²) in [4.78, 5) is 11.6. The summed E-state index contributed by atoms with van der Waals surface area (Å²) in [6.45, 7) is 19.3. The third-order valence-corrected chi connectivity index (χ3v) is 12.4. The summed E-state index contributed by atoms with van der Waals surface area (Å²) in [5.41, 5.74) is 3.01. The van der Waals surface area contributed by atoms with Crippen LogP contribution in [0.3, 0.4) is 0 Å². The van der Waals surface area contributed by atoms with Crippen LogP contribution in [-0.2, 0) is 9.53 Å². The normalized spacial score (nSPS) is 43.4. The molecule has 34 heavy (non-hydrogen) atoms. The number of hydrogen-bond acceptors (Lipinski definition) is 2. The van der Waals surface area contributed by atoms with E-state index in [0.29, 0.717) is 22.2 Å². The molecule has 3 saturated carbocycles. The molecule has 4 aliphatic carbocycles. The molecule has 2 nitrogen and oxygen atoms in total. The van der Waals surface area contributed by atoms with Crippen molar-refractivity contribution in [2.75, 3.05) is 0 Å². The maximum absolute atomic E-state index is 11.6. The van der Waals surface area contributed by atoms with Crippen molar-refractivity contribution in [3.63, 3.8) is 0 Å². The first-order valence-corrected chi connectivity index (χ1v) is 14.8. The van der Waals surface area contributed by atoms with Crippen LogP contribution in [0.4, 0.5) is 0 Å². The summed E-state index contributed by atoms with van der Waals surface area (Å²) in [5, 5.41) is 0. The standard InChI is InChI=1S/C32H54O2/c1-9-24(21(2)3)11-10-22(4)27-15-18-32(8)29-13-12-25-20-26(34-23(5)33)14-17-30(25,6)28(29)16-19-31(27,32)7/h16,21-22,24-27,29H,9-15,17-20H2,1-8H3/t22-,24-,25+,26+,27-,29-,30+,31-,32+/m1/s1. The van der Waals surface area contributed by atoms with E-state index in [1.54, 1.807) is 6.92 Å².